The van der Waals surface area contributed by atoms with Crippen molar-refractivity contribution in [2.75, 3.05) is 0 Å². The van der Waals surface area contributed by atoms with E-state index in [9.17, 15) is 21.6 Å². The maximum Gasteiger partial charge on any atom is 0.501 e. The third-order valence-corrected chi connectivity index (χ3v) is 3.82. The van der Waals surface area contributed by atoms with E-state index < -0.39 is 20.2 Å². The summed E-state index contributed by atoms with van der Waals surface area (Å²) in [7, 11) is -5.27. The van der Waals surface area contributed by atoms with Crippen molar-refractivity contribution in [3.05, 3.63) is 42.5 Å². The zero-order valence-corrected chi connectivity index (χ0v) is 9.22. The molecule has 0 heterocycles. The number of hydrogen-bond donors (Lipinski definition) is 0. The summed E-state index contributed by atoms with van der Waals surface area (Å²) in [6.07, 6.45) is 0. The van der Waals surface area contributed by atoms with Crippen LogP contribution in [0.3, 0.4) is 0 Å². The molecule has 0 aliphatic rings. The second-order valence-electron chi connectivity index (χ2n) is 3.46. The Morgan fingerprint density at radius 1 is 0.882 bits per heavy atom. The molecule has 0 fully saturated rings. The summed E-state index contributed by atoms with van der Waals surface area (Å²) in [6.45, 7) is 0. The van der Waals surface area contributed by atoms with Crippen LogP contribution in [0.2, 0.25) is 0 Å². The second kappa shape index (κ2) is 3.73. The number of fused-ring (bicyclic) bond motifs is 1. The van der Waals surface area contributed by atoms with Crippen molar-refractivity contribution in [3.8, 4) is 0 Å². The first-order valence-electron chi connectivity index (χ1n) is 4.62. The monoisotopic (exact) mass is 260 g/mol. The van der Waals surface area contributed by atoms with Gasteiger partial charge in [-0.1, -0.05) is 30.3 Å². The van der Waals surface area contributed by atoms with Gasteiger partial charge in [0.1, 0.15) is 0 Å². The Morgan fingerprint density at radius 3 is 2.06 bits per heavy atom. The van der Waals surface area contributed by atoms with E-state index in [2.05, 4.69) is 0 Å². The third kappa shape index (κ3) is 2.00. The smallest absolute Gasteiger partial charge is 0.214 e. The summed E-state index contributed by atoms with van der Waals surface area (Å²) in [5.41, 5.74) is -5.27. The van der Waals surface area contributed by atoms with Crippen LogP contribution in [0.5, 0.6) is 0 Å². The molecule has 0 aromatic heterocycles. The average molecular weight is 260 g/mol. The minimum atomic E-state index is -5.27. The van der Waals surface area contributed by atoms with E-state index in [0.29, 0.717) is 10.8 Å². The Balaban J connectivity index is 2.66. The molecule has 2 aromatic carbocycles. The zero-order valence-electron chi connectivity index (χ0n) is 8.40. The third-order valence-electron chi connectivity index (χ3n) is 2.34. The van der Waals surface area contributed by atoms with Crippen LogP contribution in [0.25, 0.3) is 10.8 Å². The Bertz CT molecular complexity index is 660. The van der Waals surface area contributed by atoms with Gasteiger partial charge in [-0.3, -0.25) is 0 Å². The topological polar surface area (TPSA) is 34.1 Å². The van der Waals surface area contributed by atoms with Gasteiger partial charge in [-0.25, -0.2) is 8.42 Å². The highest BCUT2D eigenvalue weighted by Crippen LogP contribution is 2.31. The molecule has 0 N–H and O–H groups in total. The molecule has 0 atom stereocenters. The lowest BCUT2D eigenvalue weighted by atomic mass is 10.1. The van der Waals surface area contributed by atoms with Gasteiger partial charge in [0.25, 0.3) is 9.84 Å². The van der Waals surface area contributed by atoms with E-state index >= 15 is 0 Å². The summed E-state index contributed by atoms with van der Waals surface area (Å²) in [5, 5.41) is 1.14. The summed E-state index contributed by atoms with van der Waals surface area (Å²) >= 11 is 0. The number of hydrogen-bond acceptors (Lipinski definition) is 2. The SMILES string of the molecule is O=S(=O)(c1ccc2ccccc2c1)C(F)(F)F. The fraction of sp³-hybridized carbons (Fsp3) is 0.0909. The predicted octanol–water partition coefficient (Wildman–Crippen LogP) is 3.13. The average Bonchev–Trinajstić information content (AvgIpc) is 2.27. The van der Waals surface area contributed by atoms with Gasteiger partial charge >= 0.3 is 5.51 Å². The van der Waals surface area contributed by atoms with Crippen molar-refractivity contribution < 1.29 is 21.6 Å². The molecule has 0 amide bonds. The fourth-order valence-corrected chi connectivity index (χ4v) is 2.26. The van der Waals surface area contributed by atoms with Crippen molar-refractivity contribution in [1.29, 1.82) is 0 Å². The molecule has 2 aromatic rings. The molecular formula is C11H7F3O2S. The Kier molecular flexibility index (Phi) is 2.61. The molecule has 2 nitrogen and oxygen atoms in total. The van der Waals surface area contributed by atoms with Crippen LogP contribution in [-0.4, -0.2) is 13.9 Å². The van der Waals surface area contributed by atoms with Crippen LogP contribution in [0.1, 0.15) is 0 Å². The van der Waals surface area contributed by atoms with Crippen LogP contribution in [0.4, 0.5) is 13.2 Å². The zero-order chi connectivity index (χ0) is 12.7. The largest absolute Gasteiger partial charge is 0.501 e. The summed E-state index contributed by atoms with van der Waals surface area (Å²) < 4.78 is 59.3. The molecule has 0 aliphatic carbocycles. The molecule has 0 unspecified atom stereocenters. The number of sulfone groups is 1. The van der Waals surface area contributed by atoms with Gasteiger partial charge in [0, 0.05) is 0 Å². The van der Waals surface area contributed by atoms with E-state index in [0.717, 1.165) is 12.1 Å². The van der Waals surface area contributed by atoms with Gasteiger partial charge in [-0.2, -0.15) is 13.2 Å². The molecule has 0 saturated carbocycles. The van der Waals surface area contributed by atoms with Crippen LogP contribution in [0.15, 0.2) is 47.4 Å². The second-order valence-corrected chi connectivity index (χ2v) is 5.40. The first-order valence-corrected chi connectivity index (χ1v) is 6.11. The van der Waals surface area contributed by atoms with Gasteiger partial charge in [-0.15, -0.1) is 0 Å². The standard InChI is InChI=1S/C11H7F3O2S/c12-11(13,14)17(15,16)10-6-5-8-3-1-2-4-9(8)7-10/h1-7H. The van der Waals surface area contributed by atoms with Gasteiger partial charge < -0.3 is 0 Å². The van der Waals surface area contributed by atoms with Gasteiger partial charge in [0.05, 0.1) is 4.90 Å². The summed E-state index contributed by atoms with van der Waals surface area (Å²) in [6, 6.07) is 9.95. The van der Waals surface area contributed by atoms with Crippen LogP contribution in [0, 0.1) is 0 Å². The van der Waals surface area contributed by atoms with Crippen molar-refractivity contribution in [1.82, 2.24) is 0 Å². The molecule has 6 heteroatoms. The highest BCUT2D eigenvalue weighted by atomic mass is 32.2. The van der Waals surface area contributed by atoms with E-state index in [-0.39, 0.29) is 0 Å². The lowest BCUT2D eigenvalue weighted by Gasteiger charge is -2.08. The Hall–Kier alpha value is -1.56. The van der Waals surface area contributed by atoms with Crippen LogP contribution in [-0.2, 0) is 9.84 Å². The van der Waals surface area contributed by atoms with E-state index in [1.165, 1.54) is 6.07 Å². The van der Waals surface area contributed by atoms with Crippen LogP contribution >= 0.6 is 0 Å². The van der Waals surface area contributed by atoms with E-state index in [1.807, 2.05) is 0 Å². The highest BCUT2D eigenvalue weighted by Gasteiger charge is 2.46. The fourth-order valence-electron chi connectivity index (χ4n) is 1.47. The number of rotatable bonds is 1. The Labute approximate surface area is 95.6 Å². The maximum atomic E-state index is 12.3. The quantitative estimate of drug-likeness (QED) is 0.789. The lowest BCUT2D eigenvalue weighted by molar-refractivity contribution is -0.0435. The summed E-state index contributed by atoms with van der Waals surface area (Å²) in [4.78, 5) is -0.733. The Morgan fingerprint density at radius 2 is 1.47 bits per heavy atom. The highest BCUT2D eigenvalue weighted by molar-refractivity contribution is 7.92. The molecule has 2 rings (SSSR count). The first kappa shape index (κ1) is 11.9. The van der Waals surface area contributed by atoms with Crippen molar-refractivity contribution in [2.24, 2.45) is 0 Å². The molecule has 0 aliphatic heterocycles. The van der Waals surface area contributed by atoms with E-state index in [1.54, 1.807) is 24.3 Å². The molecule has 0 spiro atoms. The van der Waals surface area contributed by atoms with Crippen molar-refractivity contribution in [3.63, 3.8) is 0 Å². The minimum absolute atomic E-state index is 0.456. The van der Waals surface area contributed by atoms with Gasteiger partial charge in [-0.05, 0) is 22.9 Å². The van der Waals surface area contributed by atoms with Gasteiger partial charge in [0.2, 0.25) is 0 Å². The number of benzene rings is 2. The molecule has 0 saturated heterocycles. The minimum Gasteiger partial charge on any atom is -0.214 e. The molecular weight excluding hydrogens is 253 g/mol. The van der Waals surface area contributed by atoms with Gasteiger partial charge in [0.15, 0.2) is 0 Å². The normalized spacial score (nSPS) is 12.9. The molecule has 90 valence electrons. The predicted molar refractivity (Wildman–Crippen MR) is 57.2 cm³/mol. The first-order chi connectivity index (χ1) is 7.82. The number of alkyl halides is 3. The molecule has 17 heavy (non-hydrogen) atoms. The molecule has 0 radical (unpaired) electrons. The lowest BCUT2D eigenvalue weighted by Crippen LogP contribution is -2.23. The van der Waals surface area contributed by atoms with Crippen molar-refractivity contribution in [2.45, 2.75) is 10.4 Å². The summed E-state index contributed by atoms with van der Waals surface area (Å²) in [5.74, 6) is 0. The number of halogens is 3. The van der Waals surface area contributed by atoms with Crippen molar-refractivity contribution >= 4 is 20.6 Å². The molecule has 0 bridgehead atoms. The maximum absolute atomic E-state index is 12.3. The van der Waals surface area contributed by atoms with E-state index in [4.69, 9.17) is 0 Å². The van der Waals surface area contributed by atoms with Crippen LogP contribution < -0.4 is 0 Å².